The lowest BCUT2D eigenvalue weighted by atomic mass is 9.79. The number of urea groups is 1. The summed E-state index contributed by atoms with van der Waals surface area (Å²) in [6, 6.07) is 15.6. The predicted molar refractivity (Wildman–Crippen MR) is 105 cm³/mol. The first-order valence-electron chi connectivity index (χ1n) is 9.02. The van der Waals surface area contributed by atoms with Gasteiger partial charge in [-0.15, -0.1) is 0 Å². The third-order valence-corrected chi connectivity index (χ3v) is 5.47. The highest BCUT2D eigenvalue weighted by atomic mass is 35.5. The second-order valence-electron chi connectivity index (χ2n) is 6.88. The van der Waals surface area contributed by atoms with Gasteiger partial charge in [0.2, 0.25) is 0 Å². The van der Waals surface area contributed by atoms with E-state index in [1.54, 1.807) is 7.11 Å². The van der Waals surface area contributed by atoms with Crippen molar-refractivity contribution in [2.75, 3.05) is 13.7 Å². The van der Waals surface area contributed by atoms with Gasteiger partial charge in [-0.1, -0.05) is 48.7 Å². The first kappa shape index (κ1) is 18.6. The van der Waals surface area contributed by atoms with E-state index < -0.39 is 0 Å². The Bertz CT molecular complexity index is 723. The van der Waals surface area contributed by atoms with Crippen LogP contribution >= 0.6 is 11.6 Å². The molecule has 26 heavy (non-hydrogen) atoms. The monoisotopic (exact) mass is 372 g/mol. The van der Waals surface area contributed by atoms with E-state index in [-0.39, 0.29) is 11.4 Å². The van der Waals surface area contributed by atoms with Crippen LogP contribution in [0.1, 0.15) is 36.8 Å². The maximum Gasteiger partial charge on any atom is 0.315 e. The van der Waals surface area contributed by atoms with Crippen molar-refractivity contribution in [1.82, 2.24) is 10.6 Å². The van der Waals surface area contributed by atoms with Crippen LogP contribution in [-0.2, 0) is 12.0 Å². The van der Waals surface area contributed by atoms with Gasteiger partial charge in [0, 0.05) is 23.5 Å². The summed E-state index contributed by atoms with van der Waals surface area (Å²) in [4.78, 5) is 12.2. The molecule has 5 heteroatoms. The molecule has 2 aromatic carbocycles. The minimum Gasteiger partial charge on any atom is -0.497 e. The molecular weight excluding hydrogens is 348 g/mol. The van der Waals surface area contributed by atoms with Gasteiger partial charge in [-0.05, 0) is 48.2 Å². The Hall–Kier alpha value is -2.20. The Morgan fingerprint density at radius 1 is 1.04 bits per heavy atom. The quantitative estimate of drug-likeness (QED) is 0.774. The van der Waals surface area contributed by atoms with E-state index in [0.717, 1.165) is 24.2 Å². The van der Waals surface area contributed by atoms with Crippen molar-refractivity contribution in [3.8, 4) is 5.75 Å². The van der Waals surface area contributed by atoms with E-state index in [9.17, 15) is 4.79 Å². The molecule has 3 rings (SSSR count). The van der Waals surface area contributed by atoms with Gasteiger partial charge in [0.1, 0.15) is 5.75 Å². The minimum absolute atomic E-state index is 0.0177. The largest absolute Gasteiger partial charge is 0.497 e. The van der Waals surface area contributed by atoms with E-state index in [2.05, 4.69) is 22.8 Å². The van der Waals surface area contributed by atoms with Gasteiger partial charge in [-0.25, -0.2) is 4.79 Å². The molecule has 0 heterocycles. The molecule has 0 atom stereocenters. The summed E-state index contributed by atoms with van der Waals surface area (Å²) in [6.07, 6.45) is 4.58. The fraction of sp³-hybridized carbons (Fsp3) is 0.381. The zero-order valence-corrected chi connectivity index (χ0v) is 15.8. The van der Waals surface area contributed by atoms with Crippen LogP contribution in [-0.4, -0.2) is 19.7 Å². The average Bonchev–Trinajstić information content (AvgIpc) is 3.16. The van der Waals surface area contributed by atoms with Crippen molar-refractivity contribution in [2.24, 2.45) is 0 Å². The Kier molecular flexibility index (Phi) is 6.04. The Morgan fingerprint density at radius 2 is 1.69 bits per heavy atom. The van der Waals surface area contributed by atoms with E-state index >= 15 is 0 Å². The van der Waals surface area contributed by atoms with Crippen molar-refractivity contribution in [3.05, 3.63) is 64.7 Å². The molecule has 0 spiro atoms. The third-order valence-electron chi connectivity index (χ3n) is 5.22. The number of hydrogen-bond acceptors (Lipinski definition) is 2. The summed E-state index contributed by atoms with van der Waals surface area (Å²) in [6.45, 7) is 1.13. The number of methoxy groups -OCH3 is 1. The van der Waals surface area contributed by atoms with Crippen LogP contribution in [0.3, 0.4) is 0 Å². The van der Waals surface area contributed by atoms with Crippen LogP contribution < -0.4 is 15.4 Å². The van der Waals surface area contributed by atoms with Gasteiger partial charge in [0.15, 0.2) is 0 Å². The highest BCUT2D eigenvalue weighted by Crippen LogP contribution is 2.41. The van der Waals surface area contributed by atoms with Crippen molar-refractivity contribution in [3.63, 3.8) is 0 Å². The zero-order valence-electron chi connectivity index (χ0n) is 15.1. The fourth-order valence-electron chi connectivity index (χ4n) is 3.66. The maximum atomic E-state index is 12.2. The Labute approximate surface area is 159 Å². The topological polar surface area (TPSA) is 50.4 Å². The molecule has 0 unspecified atom stereocenters. The number of hydrogen-bond donors (Lipinski definition) is 2. The molecule has 0 saturated heterocycles. The Morgan fingerprint density at radius 3 is 2.31 bits per heavy atom. The van der Waals surface area contributed by atoms with Crippen molar-refractivity contribution < 1.29 is 9.53 Å². The number of amides is 2. The van der Waals surface area contributed by atoms with Gasteiger partial charge >= 0.3 is 6.03 Å². The SMILES string of the molecule is COc1ccc(C2(CNC(=O)NCc3ccc(Cl)cc3)CCCC2)cc1. The van der Waals surface area contributed by atoms with Gasteiger partial charge < -0.3 is 15.4 Å². The average molecular weight is 373 g/mol. The minimum atomic E-state index is -0.139. The molecule has 2 amide bonds. The summed E-state index contributed by atoms with van der Waals surface area (Å²) in [5.74, 6) is 0.857. The van der Waals surface area contributed by atoms with Crippen LogP contribution in [0.2, 0.25) is 5.02 Å². The normalized spacial score (nSPS) is 15.5. The number of carbonyl (C=O) groups is 1. The molecule has 0 aliphatic heterocycles. The number of nitrogens with one attached hydrogen (secondary N) is 2. The number of benzene rings is 2. The highest BCUT2D eigenvalue weighted by Gasteiger charge is 2.35. The number of rotatable bonds is 6. The second-order valence-corrected chi connectivity index (χ2v) is 7.32. The van der Waals surface area contributed by atoms with Crippen molar-refractivity contribution in [2.45, 2.75) is 37.6 Å². The van der Waals surface area contributed by atoms with Gasteiger partial charge in [-0.3, -0.25) is 0 Å². The van der Waals surface area contributed by atoms with E-state index in [0.29, 0.717) is 18.1 Å². The van der Waals surface area contributed by atoms with E-state index in [1.807, 2.05) is 36.4 Å². The lowest BCUT2D eigenvalue weighted by Crippen LogP contribution is -2.43. The van der Waals surface area contributed by atoms with Crippen molar-refractivity contribution >= 4 is 17.6 Å². The Balaban J connectivity index is 1.57. The second kappa shape index (κ2) is 8.45. The van der Waals surface area contributed by atoms with Crippen LogP contribution in [0.4, 0.5) is 4.79 Å². The molecule has 1 aliphatic rings. The van der Waals surface area contributed by atoms with Gasteiger partial charge in [-0.2, -0.15) is 0 Å². The van der Waals surface area contributed by atoms with E-state index in [4.69, 9.17) is 16.3 Å². The standard InChI is InChI=1S/C21H25ClN2O2/c1-26-19-10-6-17(7-11-19)21(12-2-3-13-21)15-24-20(25)23-14-16-4-8-18(22)9-5-16/h4-11H,2-3,12-15H2,1H3,(H2,23,24,25). The highest BCUT2D eigenvalue weighted by molar-refractivity contribution is 6.30. The summed E-state index contributed by atoms with van der Waals surface area (Å²) < 4.78 is 5.26. The molecule has 138 valence electrons. The number of carbonyl (C=O) groups excluding carboxylic acids is 1. The summed E-state index contributed by atoms with van der Waals surface area (Å²) in [5, 5.41) is 6.68. The molecule has 0 bridgehead atoms. The van der Waals surface area contributed by atoms with Crippen LogP contribution in [0.5, 0.6) is 5.75 Å². The van der Waals surface area contributed by atoms with Gasteiger partial charge in [0.25, 0.3) is 0 Å². The third kappa shape index (κ3) is 4.50. The van der Waals surface area contributed by atoms with Crippen molar-refractivity contribution in [1.29, 1.82) is 0 Å². The smallest absolute Gasteiger partial charge is 0.315 e. The summed E-state index contributed by atoms with van der Waals surface area (Å²) >= 11 is 5.88. The lowest BCUT2D eigenvalue weighted by Gasteiger charge is -2.30. The van der Waals surface area contributed by atoms with Crippen LogP contribution in [0.25, 0.3) is 0 Å². The van der Waals surface area contributed by atoms with Gasteiger partial charge in [0.05, 0.1) is 7.11 Å². The predicted octanol–water partition coefficient (Wildman–Crippen LogP) is 4.66. The molecule has 1 saturated carbocycles. The summed E-state index contributed by atoms with van der Waals surface area (Å²) in [5.41, 5.74) is 2.31. The molecule has 0 radical (unpaired) electrons. The van der Waals surface area contributed by atoms with Crippen LogP contribution in [0.15, 0.2) is 48.5 Å². The number of ether oxygens (including phenoxy) is 1. The lowest BCUT2D eigenvalue weighted by molar-refractivity contribution is 0.236. The molecule has 2 N–H and O–H groups in total. The molecule has 1 aliphatic carbocycles. The maximum absolute atomic E-state index is 12.2. The molecule has 0 aromatic heterocycles. The van der Waals surface area contributed by atoms with E-state index in [1.165, 1.54) is 18.4 Å². The first-order chi connectivity index (χ1) is 12.6. The zero-order chi connectivity index (χ0) is 18.4. The molecule has 2 aromatic rings. The first-order valence-corrected chi connectivity index (χ1v) is 9.40. The van der Waals surface area contributed by atoms with Crippen LogP contribution in [0, 0.1) is 0 Å². The molecule has 4 nitrogen and oxygen atoms in total. The molecule has 1 fully saturated rings. The fourth-order valence-corrected chi connectivity index (χ4v) is 3.79. The molecular formula is C21H25ClN2O2. The number of halogens is 1. The summed E-state index contributed by atoms with van der Waals surface area (Å²) in [7, 11) is 1.67.